The van der Waals surface area contributed by atoms with E-state index in [-0.39, 0.29) is 27.6 Å². The fraction of sp³-hybridized carbons (Fsp3) is 0. The summed E-state index contributed by atoms with van der Waals surface area (Å²) < 4.78 is 5.35. The van der Waals surface area contributed by atoms with E-state index in [1.54, 1.807) is 0 Å². The molecule has 2 aromatic carbocycles. The van der Waals surface area contributed by atoms with E-state index in [1.807, 2.05) is 6.07 Å². The van der Waals surface area contributed by atoms with E-state index in [4.69, 9.17) is 26.7 Å². The number of ether oxygens (including phenoxy) is 1. The maximum absolute atomic E-state index is 11.0. The smallest absolute Gasteiger partial charge is 0.335 e. The first-order valence-corrected chi connectivity index (χ1v) is 6.19. The molecule has 2 aromatic rings. The van der Waals surface area contributed by atoms with Gasteiger partial charge >= 0.3 is 11.7 Å². The van der Waals surface area contributed by atoms with Crippen molar-refractivity contribution in [1.29, 1.82) is 5.26 Å². The number of rotatable bonds is 4. The maximum Gasteiger partial charge on any atom is 0.335 e. The predicted molar refractivity (Wildman–Crippen MR) is 76.3 cm³/mol. The average Bonchev–Trinajstić information content (AvgIpc) is 2.49. The summed E-state index contributed by atoms with van der Waals surface area (Å²) in [6, 6.07) is 9.20. The highest BCUT2D eigenvalue weighted by molar-refractivity contribution is 6.32. The Morgan fingerprint density at radius 1 is 1.27 bits per heavy atom. The first-order chi connectivity index (χ1) is 10.4. The van der Waals surface area contributed by atoms with Gasteiger partial charge in [-0.2, -0.15) is 5.26 Å². The standard InChI is InChI=1S/C14H7ClN2O5/c15-10-3-1-8(7-16)5-12(10)22-13-6-9(14(18)19)2-4-11(13)17(20)21/h1-6H,(H,18,19). The van der Waals surface area contributed by atoms with Crippen LogP contribution in [0.1, 0.15) is 15.9 Å². The number of benzene rings is 2. The summed E-state index contributed by atoms with van der Waals surface area (Å²) >= 11 is 5.92. The Labute approximate surface area is 129 Å². The lowest BCUT2D eigenvalue weighted by atomic mass is 10.2. The second-order valence-electron chi connectivity index (χ2n) is 4.10. The molecule has 2 rings (SSSR count). The lowest BCUT2D eigenvalue weighted by molar-refractivity contribution is -0.385. The summed E-state index contributed by atoms with van der Waals surface area (Å²) in [5.41, 5.74) is -0.340. The van der Waals surface area contributed by atoms with Gasteiger partial charge in [-0.3, -0.25) is 10.1 Å². The summed E-state index contributed by atoms with van der Waals surface area (Å²) in [6.45, 7) is 0. The van der Waals surface area contributed by atoms with Crippen LogP contribution in [0.15, 0.2) is 36.4 Å². The van der Waals surface area contributed by atoms with Gasteiger partial charge in [0.05, 0.1) is 27.1 Å². The fourth-order valence-electron chi connectivity index (χ4n) is 1.65. The van der Waals surface area contributed by atoms with Gasteiger partial charge in [0.15, 0.2) is 0 Å². The third kappa shape index (κ3) is 3.13. The minimum Gasteiger partial charge on any atom is -0.478 e. The number of nitro benzene ring substituents is 1. The molecule has 0 unspecified atom stereocenters. The second kappa shape index (κ2) is 6.11. The Morgan fingerprint density at radius 2 is 2.00 bits per heavy atom. The number of nitro groups is 1. The Balaban J connectivity index is 2.52. The van der Waals surface area contributed by atoms with E-state index in [1.165, 1.54) is 18.2 Å². The van der Waals surface area contributed by atoms with Gasteiger partial charge in [-0.25, -0.2) is 4.79 Å². The van der Waals surface area contributed by atoms with Crippen molar-refractivity contribution < 1.29 is 19.6 Å². The predicted octanol–water partition coefficient (Wildman–Crippen LogP) is 3.61. The van der Waals surface area contributed by atoms with Crippen LogP contribution in [0.3, 0.4) is 0 Å². The van der Waals surface area contributed by atoms with Crippen molar-refractivity contribution in [2.75, 3.05) is 0 Å². The van der Waals surface area contributed by atoms with E-state index in [2.05, 4.69) is 0 Å². The number of nitriles is 1. The van der Waals surface area contributed by atoms with E-state index < -0.39 is 16.6 Å². The molecule has 0 aliphatic carbocycles. The summed E-state index contributed by atoms with van der Waals surface area (Å²) in [5.74, 6) is -1.51. The summed E-state index contributed by atoms with van der Waals surface area (Å²) in [6.07, 6.45) is 0. The molecule has 0 saturated carbocycles. The van der Waals surface area contributed by atoms with E-state index in [0.717, 1.165) is 18.2 Å². The molecule has 0 aromatic heterocycles. The van der Waals surface area contributed by atoms with Gasteiger partial charge in [0.1, 0.15) is 5.75 Å². The molecule has 0 fully saturated rings. The van der Waals surface area contributed by atoms with E-state index in [0.29, 0.717) is 0 Å². The van der Waals surface area contributed by atoms with Crippen molar-refractivity contribution in [3.63, 3.8) is 0 Å². The maximum atomic E-state index is 11.0. The van der Waals surface area contributed by atoms with Crippen molar-refractivity contribution in [3.8, 4) is 17.6 Å². The van der Waals surface area contributed by atoms with Gasteiger partial charge in [-0.1, -0.05) is 11.6 Å². The number of carboxylic acid groups (broad SMARTS) is 1. The molecule has 0 atom stereocenters. The molecule has 0 spiro atoms. The van der Waals surface area contributed by atoms with Gasteiger partial charge in [0.25, 0.3) is 0 Å². The number of aromatic carboxylic acids is 1. The number of carbonyl (C=O) groups is 1. The Bertz CT molecular complexity index is 813. The number of halogens is 1. The first kappa shape index (κ1) is 15.3. The lowest BCUT2D eigenvalue weighted by Crippen LogP contribution is -2.00. The molecular formula is C14H7ClN2O5. The van der Waals surface area contributed by atoms with Crippen LogP contribution in [-0.2, 0) is 0 Å². The molecule has 0 amide bonds. The van der Waals surface area contributed by atoms with Crippen LogP contribution in [0.5, 0.6) is 11.5 Å². The lowest BCUT2D eigenvalue weighted by Gasteiger charge is -2.09. The number of hydrogen-bond donors (Lipinski definition) is 1. The SMILES string of the molecule is N#Cc1ccc(Cl)c(Oc2cc(C(=O)O)ccc2[N+](=O)[O-])c1. The molecule has 1 N–H and O–H groups in total. The van der Waals surface area contributed by atoms with Crippen LogP contribution in [0.25, 0.3) is 0 Å². The zero-order valence-corrected chi connectivity index (χ0v) is 11.6. The van der Waals surface area contributed by atoms with E-state index >= 15 is 0 Å². The van der Waals surface area contributed by atoms with Crippen molar-refractivity contribution in [2.45, 2.75) is 0 Å². The number of hydrogen-bond acceptors (Lipinski definition) is 5. The molecule has 0 aliphatic rings. The molecule has 0 heterocycles. The van der Waals surface area contributed by atoms with Crippen LogP contribution < -0.4 is 4.74 Å². The molecule has 0 aliphatic heterocycles. The Kier molecular flexibility index (Phi) is 4.25. The molecule has 8 heteroatoms. The first-order valence-electron chi connectivity index (χ1n) is 5.81. The molecular weight excluding hydrogens is 312 g/mol. The normalized spacial score (nSPS) is 9.82. The second-order valence-corrected chi connectivity index (χ2v) is 4.51. The quantitative estimate of drug-likeness (QED) is 0.680. The van der Waals surface area contributed by atoms with Crippen molar-refractivity contribution in [3.05, 3.63) is 62.7 Å². The monoisotopic (exact) mass is 318 g/mol. The van der Waals surface area contributed by atoms with Gasteiger partial charge in [-0.05, 0) is 18.2 Å². The highest BCUT2D eigenvalue weighted by Crippen LogP contribution is 2.36. The molecule has 7 nitrogen and oxygen atoms in total. The van der Waals surface area contributed by atoms with Crippen molar-refractivity contribution in [1.82, 2.24) is 0 Å². The largest absolute Gasteiger partial charge is 0.478 e. The van der Waals surface area contributed by atoms with Gasteiger partial charge in [0.2, 0.25) is 5.75 Å². The fourth-order valence-corrected chi connectivity index (χ4v) is 1.81. The zero-order chi connectivity index (χ0) is 16.3. The zero-order valence-electron chi connectivity index (χ0n) is 10.8. The highest BCUT2D eigenvalue weighted by Gasteiger charge is 2.19. The van der Waals surface area contributed by atoms with Gasteiger partial charge < -0.3 is 9.84 Å². The van der Waals surface area contributed by atoms with Crippen molar-refractivity contribution >= 4 is 23.3 Å². The Morgan fingerprint density at radius 3 is 2.59 bits per heavy atom. The Hall–Kier alpha value is -3.11. The minimum absolute atomic E-state index is 0.0198. The van der Waals surface area contributed by atoms with Gasteiger partial charge in [0, 0.05) is 18.2 Å². The molecule has 0 bridgehead atoms. The topological polar surface area (TPSA) is 113 Å². The summed E-state index contributed by atoms with van der Waals surface area (Å²) in [7, 11) is 0. The molecule has 0 saturated heterocycles. The summed E-state index contributed by atoms with van der Waals surface area (Å²) in [4.78, 5) is 21.2. The third-order valence-corrected chi connectivity index (χ3v) is 3.00. The minimum atomic E-state index is -1.25. The molecule has 22 heavy (non-hydrogen) atoms. The van der Waals surface area contributed by atoms with E-state index in [9.17, 15) is 14.9 Å². The van der Waals surface area contributed by atoms with Crippen LogP contribution in [0.4, 0.5) is 5.69 Å². The summed E-state index contributed by atoms with van der Waals surface area (Å²) in [5, 5.41) is 28.9. The highest BCUT2D eigenvalue weighted by atomic mass is 35.5. The van der Waals surface area contributed by atoms with Crippen LogP contribution in [0.2, 0.25) is 5.02 Å². The van der Waals surface area contributed by atoms with Crippen molar-refractivity contribution in [2.24, 2.45) is 0 Å². The van der Waals surface area contributed by atoms with Crippen LogP contribution in [-0.4, -0.2) is 16.0 Å². The van der Waals surface area contributed by atoms with Crippen LogP contribution in [0, 0.1) is 21.4 Å². The number of carboxylic acids is 1. The third-order valence-electron chi connectivity index (χ3n) is 2.68. The molecule has 110 valence electrons. The number of nitrogens with zero attached hydrogens (tertiary/aromatic N) is 2. The molecule has 0 radical (unpaired) electrons. The average molecular weight is 319 g/mol. The van der Waals surface area contributed by atoms with Gasteiger partial charge in [-0.15, -0.1) is 0 Å². The van der Waals surface area contributed by atoms with Crippen LogP contribution >= 0.6 is 11.6 Å².